The number of rotatable bonds is 2. The van der Waals surface area contributed by atoms with Gasteiger partial charge in [-0.25, -0.2) is 0 Å². The number of aliphatic hydroxyl groups is 1. The lowest BCUT2D eigenvalue weighted by Crippen LogP contribution is -2.21. The normalized spacial score (nSPS) is 14.3. The van der Waals surface area contributed by atoms with E-state index in [9.17, 15) is 10.2 Å². The number of hydrogen-bond acceptors (Lipinski definition) is 3. The molecule has 0 fully saturated rings. The molecular formula is C17H16O3. The molecule has 0 bridgehead atoms. The van der Waals surface area contributed by atoms with Crippen LogP contribution in [0.5, 0.6) is 5.75 Å². The van der Waals surface area contributed by atoms with E-state index in [0.29, 0.717) is 11.3 Å². The Kier molecular flexibility index (Phi) is 2.80. The Morgan fingerprint density at radius 3 is 2.40 bits per heavy atom. The van der Waals surface area contributed by atoms with E-state index in [-0.39, 0.29) is 5.75 Å². The highest BCUT2D eigenvalue weighted by Crippen LogP contribution is 2.34. The van der Waals surface area contributed by atoms with Crippen molar-refractivity contribution in [1.82, 2.24) is 0 Å². The largest absolute Gasteiger partial charge is 0.508 e. The second kappa shape index (κ2) is 4.39. The van der Waals surface area contributed by atoms with Crippen molar-refractivity contribution < 1.29 is 14.6 Å². The summed E-state index contributed by atoms with van der Waals surface area (Å²) in [6.45, 7) is 3.66. The number of para-hydroxylation sites is 1. The molecule has 0 spiro atoms. The van der Waals surface area contributed by atoms with Gasteiger partial charge >= 0.3 is 0 Å². The third kappa shape index (κ3) is 1.96. The van der Waals surface area contributed by atoms with Gasteiger partial charge in [-0.15, -0.1) is 0 Å². The molecule has 102 valence electrons. The minimum absolute atomic E-state index is 0.171. The maximum absolute atomic E-state index is 10.8. The predicted molar refractivity (Wildman–Crippen MR) is 77.7 cm³/mol. The maximum atomic E-state index is 10.8. The van der Waals surface area contributed by atoms with E-state index in [1.807, 2.05) is 31.2 Å². The molecule has 1 atom stereocenters. The lowest BCUT2D eigenvalue weighted by molar-refractivity contribution is 0.0786. The van der Waals surface area contributed by atoms with Gasteiger partial charge in [0.25, 0.3) is 0 Å². The van der Waals surface area contributed by atoms with Gasteiger partial charge in [0.05, 0.1) is 0 Å². The quantitative estimate of drug-likeness (QED) is 0.745. The summed E-state index contributed by atoms with van der Waals surface area (Å²) in [5.41, 5.74) is 1.27. The number of benzene rings is 2. The molecule has 0 radical (unpaired) electrons. The molecule has 3 nitrogen and oxygen atoms in total. The van der Waals surface area contributed by atoms with Gasteiger partial charge in [-0.3, -0.25) is 0 Å². The molecule has 3 rings (SSSR count). The zero-order chi connectivity index (χ0) is 14.3. The van der Waals surface area contributed by atoms with Crippen LogP contribution < -0.4 is 0 Å². The van der Waals surface area contributed by atoms with E-state index >= 15 is 0 Å². The molecule has 0 aliphatic carbocycles. The topological polar surface area (TPSA) is 53.6 Å². The van der Waals surface area contributed by atoms with Crippen LogP contribution >= 0.6 is 0 Å². The number of aryl methyl sites for hydroxylation is 1. The zero-order valence-corrected chi connectivity index (χ0v) is 11.4. The Hall–Kier alpha value is -2.26. The van der Waals surface area contributed by atoms with Crippen molar-refractivity contribution in [2.24, 2.45) is 0 Å². The van der Waals surface area contributed by atoms with Crippen LogP contribution in [0.3, 0.4) is 0 Å². The molecule has 0 saturated carbocycles. The van der Waals surface area contributed by atoms with Crippen LogP contribution in [0.2, 0.25) is 0 Å². The Morgan fingerprint density at radius 1 is 1.05 bits per heavy atom. The second-order valence-electron chi connectivity index (χ2n) is 5.22. The minimum atomic E-state index is -1.24. The summed E-state index contributed by atoms with van der Waals surface area (Å²) in [7, 11) is 0. The Balaban J connectivity index is 2.13. The molecule has 0 amide bonds. The fraction of sp³-hybridized carbons (Fsp3) is 0.176. The summed E-state index contributed by atoms with van der Waals surface area (Å²) in [5, 5.41) is 21.1. The van der Waals surface area contributed by atoms with Crippen LogP contribution in [0, 0.1) is 6.92 Å². The van der Waals surface area contributed by atoms with E-state index in [1.54, 1.807) is 31.2 Å². The van der Waals surface area contributed by atoms with Crippen LogP contribution in [0.25, 0.3) is 11.0 Å². The van der Waals surface area contributed by atoms with Gasteiger partial charge in [0.2, 0.25) is 0 Å². The first-order valence-corrected chi connectivity index (χ1v) is 6.50. The number of aromatic hydroxyl groups is 1. The van der Waals surface area contributed by atoms with Gasteiger partial charge in [-0.2, -0.15) is 0 Å². The molecule has 3 heteroatoms. The maximum Gasteiger partial charge on any atom is 0.144 e. The van der Waals surface area contributed by atoms with Crippen molar-refractivity contribution >= 4 is 11.0 Å². The van der Waals surface area contributed by atoms with Crippen LogP contribution in [-0.4, -0.2) is 10.2 Å². The van der Waals surface area contributed by atoms with Crippen LogP contribution in [0.1, 0.15) is 23.8 Å². The Labute approximate surface area is 117 Å². The summed E-state index contributed by atoms with van der Waals surface area (Å²) in [5.74, 6) is 0.664. The number of fused-ring (bicyclic) bond motifs is 1. The lowest BCUT2D eigenvalue weighted by Gasteiger charge is -2.21. The predicted octanol–water partition coefficient (Wildman–Crippen LogP) is 3.70. The van der Waals surface area contributed by atoms with Crippen molar-refractivity contribution in [1.29, 1.82) is 0 Å². The minimum Gasteiger partial charge on any atom is -0.508 e. The van der Waals surface area contributed by atoms with E-state index in [2.05, 4.69) is 0 Å². The fourth-order valence-corrected chi connectivity index (χ4v) is 2.38. The van der Waals surface area contributed by atoms with Gasteiger partial charge in [-0.1, -0.05) is 30.3 Å². The van der Waals surface area contributed by atoms with Crippen molar-refractivity contribution in [2.45, 2.75) is 19.4 Å². The standard InChI is InChI=1S/C17H16O3/c1-11-4-3-5-12-10-15(20-16(11)12)17(2,19)13-6-8-14(18)9-7-13/h3-10,18-19H,1-2H3. The van der Waals surface area contributed by atoms with Gasteiger partial charge in [0.15, 0.2) is 0 Å². The van der Waals surface area contributed by atoms with Crippen molar-refractivity contribution in [2.75, 3.05) is 0 Å². The molecule has 2 N–H and O–H groups in total. The number of phenols is 1. The van der Waals surface area contributed by atoms with Crippen molar-refractivity contribution in [3.8, 4) is 5.75 Å². The summed E-state index contributed by atoms with van der Waals surface area (Å²) >= 11 is 0. The fourth-order valence-electron chi connectivity index (χ4n) is 2.38. The summed E-state index contributed by atoms with van der Waals surface area (Å²) in [6, 6.07) is 14.2. The average Bonchev–Trinajstić information content (AvgIpc) is 2.85. The molecule has 1 aromatic heterocycles. The highest BCUT2D eigenvalue weighted by Gasteiger charge is 2.29. The highest BCUT2D eigenvalue weighted by molar-refractivity contribution is 5.81. The first-order chi connectivity index (χ1) is 9.48. The number of furan rings is 1. The van der Waals surface area contributed by atoms with E-state index in [0.717, 1.165) is 16.5 Å². The van der Waals surface area contributed by atoms with E-state index < -0.39 is 5.60 Å². The van der Waals surface area contributed by atoms with Crippen molar-refractivity contribution in [3.63, 3.8) is 0 Å². The summed E-state index contributed by atoms with van der Waals surface area (Å²) in [6.07, 6.45) is 0. The van der Waals surface area contributed by atoms with Crippen LogP contribution in [-0.2, 0) is 5.60 Å². The Bertz CT molecular complexity index is 752. The first-order valence-electron chi connectivity index (χ1n) is 6.50. The SMILES string of the molecule is Cc1cccc2cc(C(C)(O)c3ccc(O)cc3)oc12. The molecule has 0 aliphatic rings. The molecule has 0 saturated heterocycles. The smallest absolute Gasteiger partial charge is 0.144 e. The monoisotopic (exact) mass is 268 g/mol. The van der Waals surface area contributed by atoms with Crippen LogP contribution in [0.4, 0.5) is 0 Å². The number of phenolic OH excluding ortho intramolecular Hbond substituents is 1. The summed E-state index contributed by atoms with van der Waals surface area (Å²) < 4.78 is 5.84. The third-order valence-electron chi connectivity index (χ3n) is 3.65. The van der Waals surface area contributed by atoms with Gasteiger partial charge in [-0.05, 0) is 43.2 Å². The van der Waals surface area contributed by atoms with Crippen LogP contribution in [0.15, 0.2) is 52.9 Å². The second-order valence-corrected chi connectivity index (χ2v) is 5.22. The average molecular weight is 268 g/mol. The van der Waals surface area contributed by atoms with Gasteiger partial charge in [0.1, 0.15) is 22.7 Å². The first kappa shape index (κ1) is 12.8. The molecule has 1 unspecified atom stereocenters. The number of hydrogen-bond donors (Lipinski definition) is 2. The van der Waals surface area contributed by atoms with Gasteiger partial charge < -0.3 is 14.6 Å². The summed E-state index contributed by atoms with van der Waals surface area (Å²) in [4.78, 5) is 0. The highest BCUT2D eigenvalue weighted by atomic mass is 16.4. The molecule has 2 aromatic carbocycles. The molecule has 3 aromatic rings. The molecular weight excluding hydrogens is 252 g/mol. The molecule has 1 heterocycles. The molecule has 20 heavy (non-hydrogen) atoms. The zero-order valence-electron chi connectivity index (χ0n) is 11.4. The van der Waals surface area contributed by atoms with Gasteiger partial charge in [0, 0.05) is 5.39 Å². The third-order valence-corrected chi connectivity index (χ3v) is 3.65. The van der Waals surface area contributed by atoms with E-state index in [4.69, 9.17) is 4.42 Å². The van der Waals surface area contributed by atoms with Crippen molar-refractivity contribution in [3.05, 3.63) is 65.4 Å². The lowest BCUT2D eigenvalue weighted by atomic mass is 9.93. The Morgan fingerprint density at radius 2 is 1.75 bits per heavy atom. The molecule has 0 aliphatic heterocycles. The van der Waals surface area contributed by atoms with E-state index in [1.165, 1.54) is 0 Å².